The Labute approximate surface area is 127 Å². The maximum absolute atomic E-state index is 11.8. The molecule has 0 unspecified atom stereocenters. The van der Waals surface area contributed by atoms with Crippen LogP contribution >= 0.6 is 0 Å². The molecule has 21 heavy (non-hydrogen) atoms. The van der Waals surface area contributed by atoms with Crippen molar-refractivity contribution < 1.29 is 14.3 Å². The fourth-order valence-electron chi connectivity index (χ4n) is 2.28. The van der Waals surface area contributed by atoms with Gasteiger partial charge in [-0.2, -0.15) is 0 Å². The molecule has 2 amide bonds. The Morgan fingerprint density at radius 3 is 2.38 bits per heavy atom. The lowest BCUT2D eigenvalue weighted by molar-refractivity contribution is -0.122. The van der Waals surface area contributed by atoms with E-state index in [1.165, 1.54) is 0 Å². The maximum Gasteiger partial charge on any atom is 0.410 e. The number of likely N-dealkylation sites (N-methyl/N-ethyl adjacent to an activating group) is 1. The fourth-order valence-corrected chi connectivity index (χ4v) is 2.28. The van der Waals surface area contributed by atoms with Crippen LogP contribution in [0.25, 0.3) is 0 Å². The summed E-state index contributed by atoms with van der Waals surface area (Å²) in [6.07, 6.45) is -0.251. The van der Waals surface area contributed by atoms with Crippen molar-refractivity contribution in [2.24, 2.45) is 5.92 Å². The van der Waals surface area contributed by atoms with Crippen LogP contribution < -0.4 is 5.32 Å². The van der Waals surface area contributed by atoms with Crippen LogP contribution in [-0.2, 0) is 9.53 Å². The molecule has 1 heterocycles. The van der Waals surface area contributed by atoms with Gasteiger partial charge in [0.2, 0.25) is 5.91 Å². The summed E-state index contributed by atoms with van der Waals surface area (Å²) in [6, 6.07) is 0.164. The lowest BCUT2D eigenvalue weighted by Gasteiger charge is -2.41. The molecule has 0 aliphatic carbocycles. The molecule has 0 bridgehead atoms. The quantitative estimate of drug-likeness (QED) is 0.831. The average Bonchev–Trinajstić information content (AvgIpc) is 2.18. The monoisotopic (exact) mass is 299 g/mol. The lowest BCUT2D eigenvalue weighted by atomic mass is 10.0. The smallest absolute Gasteiger partial charge is 0.410 e. The molecule has 1 rings (SSSR count). The topological polar surface area (TPSA) is 61.9 Å². The number of amides is 2. The predicted octanol–water partition coefficient (Wildman–Crippen LogP) is 1.31. The standard InChI is InChI=1S/C15H29N3O3/c1-11(2)16-13(19)10-17(6)7-12-8-18(9-12)14(20)21-15(3,4)5/h11-12H,7-10H2,1-6H3,(H,16,19). The highest BCUT2D eigenvalue weighted by Gasteiger charge is 2.34. The van der Waals surface area contributed by atoms with Gasteiger partial charge < -0.3 is 15.0 Å². The zero-order chi connectivity index (χ0) is 16.2. The second-order valence-electron chi connectivity index (χ2n) is 7.17. The van der Waals surface area contributed by atoms with Crippen molar-refractivity contribution in [1.29, 1.82) is 0 Å². The molecule has 1 aliphatic heterocycles. The molecule has 0 spiro atoms. The molecule has 0 aromatic heterocycles. The van der Waals surface area contributed by atoms with Crippen molar-refractivity contribution in [3.05, 3.63) is 0 Å². The Balaban J connectivity index is 2.22. The van der Waals surface area contributed by atoms with Crippen LogP contribution in [0, 0.1) is 5.92 Å². The number of nitrogens with zero attached hydrogens (tertiary/aromatic N) is 2. The highest BCUT2D eigenvalue weighted by atomic mass is 16.6. The minimum atomic E-state index is -0.450. The van der Waals surface area contributed by atoms with E-state index >= 15 is 0 Å². The van der Waals surface area contributed by atoms with Crippen LogP contribution in [0.3, 0.4) is 0 Å². The first-order valence-electron chi connectivity index (χ1n) is 7.52. The number of rotatable bonds is 5. The van der Waals surface area contributed by atoms with E-state index in [9.17, 15) is 9.59 Å². The Bertz CT molecular complexity index is 371. The van der Waals surface area contributed by atoms with Crippen LogP contribution in [0.2, 0.25) is 0 Å². The van der Waals surface area contributed by atoms with Gasteiger partial charge in [0, 0.05) is 31.6 Å². The van der Waals surface area contributed by atoms with Crippen molar-refractivity contribution in [1.82, 2.24) is 15.1 Å². The second-order valence-corrected chi connectivity index (χ2v) is 7.17. The van der Waals surface area contributed by atoms with E-state index in [1.807, 2.05) is 46.6 Å². The highest BCUT2D eigenvalue weighted by molar-refractivity contribution is 5.78. The average molecular weight is 299 g/mol. The first kappa shape index (κ1) is 17.8. The first-order valence-corrected chi connectivity index (χ1v) is 7.52. The van der Waals surface area contributed by atoms with Gasteiger partial charge in [0.05, 0.1) is 6.54 Å². The summed E-state index contributed by atoms with van der Waals surface area (Å²) < 4.78 is 5.31. The van der Waals surface area contributed by atoms with Gasteiger partial charge in [0.1, 0.15) is 5.60 Å². The molecule has 122 valence electrons. The van der Waals surface area contributed by atoms with Crippen molar-refractivity contribution in [3.63, 3.8) is 0 Å². The first-order chi connectivity index (χ1) is 9.56. The normalized spacial score (nSPS) is 16.1. The Morgan fingerprint density at radius 1 is 1.33 bits per heavy atom. The van der Waals surface area contributed by atoms with Gasteiger partial charge in [0.25, 0.3) is 0 Å². The summed E-state index contributed by atoms with van der Waals surface area (Å²) >= 11 is 0. The fraction of sp³-hybridized carbons (Fsp3) is 0.867. The third kappa shape index (κ3) is 6.80. The van der Waals surface area contributed by atoms with Crippen LogP contribution in [0.4, 0.5) is 4.79 Å². The van der Waals surface area contributed by atoms with Crippen LogP contribution in [-0.4, -0.2) is 66.7 Å². The van der Waals surface area contributed by atoms with Crippen molar-refractivity contribution in [2.45, 2.75) is 46.3 Å². The molecule has 0 atom stereocenters. The summed E-state index contributed by atoms with van der Waals surface area (Å²) in [6.45, 7) is 12.1. The van der Waals surface area contributed by atoms with Crippen molar-refractivity contribution in [3.8, 4) is 0 Å². The molecule has 1 saturated heterocycles. The van der Waals surface area contributed by atoms with Gasteiger partial charge in [-0.15, -0.1) is 0 Å². The van der Waals surface area contributed by atoms with Crippen LogP contribution in [0.5, 0.6) is 0 Å². The molecule has 6 nitrogen and oxygen atoms in total. The van der Waals surface area contributed by atoms with Crippen molar-refractivity contribution in [2.75, 3.05) is 33.2 Å². The van der Waals surface area contributed by atoms with Gasteiger partial charge >= 0.3 is 6.09 Å². The molecule has 0 saturated carbocycles. The molecule has 1 fully saturated rings. The molecule has 0 aromatic carbocycles. The molecule has 0 radical (unpaired) electrons. The lowest BCUT2D eigenvalue weighted by Crippen LogP contribution is -2.55. The van der Waals surface area contributed by atoms with Crippen LogP contribution in [0.1, 0.15) is 34.6 Å². The number of likely N-dealkylation sites (tertiary alicyclic amines) is 1. The number of ether oxygens (including phenoxy) is 1. The largest absolute Gasteiger partial charge is 0.444 e. The molecular weight excluding hydrogens is 270 g/mol. The minimum Gasteiger partial charge on any atom is -0.444 e. The Hall–Kier alpha value is -1.30. The van der Waals surface area contributed by atoms with Gasteiger partial charge in [-0.1, -0.05) is 0 Å². The van der Waals surface area contributed by atoms with E-state index in [1.54, 1.807) is 4.90 Å². The van der Waals surface area contributed by atoms with Crippen LogP contribution in [0.15, 0.2) is 0 Å². The van der Waals surface area contributed by atoms with E-state index < -0.39 is 5.60 Å². The molecule has 0 aromatic rings. The summed E-state index contributed by atoms with van der Waals surface area (Å²) in [5.41, 5.74) is -0.450. The number of nitrogens with one attached hydrogen (secondary N) is 1. The molecular formula is C15H29N3O3. The second kappa shape index (κ2) is 7.11. The number of carbonyl (C=O) groups is 2. The SMILES string of the molecule is CC(C)NC(=O)CN(C)CC1CN(C(=O)OC(C)(C)C)C1. The predicted molar refractivity (Wildman–Crippen MR) is 82.1 cm³/mol. The van der Waals surface area contributed by atoms with Gasteiger partial charge in [-0.05, 0) is 41.7 Å². The number of hydrogen-bond acceptors (Lipinski definition) is 4. The highest BCUT2D eigenvalue weighted by Crippen LogP contribution is 2.20. The zero-order valence-corrected chi connectivity index (χ0v) is 14.1. The van der Waals surface area contributed by atoms with E-state index in [-0.39, 0.29) is 18.0 Å². The Morgan fingerprint density at radius 2 is 1.90 bits per heavy atom. The van der Waals surface area contributed by atoms with E-state index in [2.05, 4.69) is 5.32 Å². The molecule has 1 aliphatic rings. The summed E-state index contributed by atoms with van der Waals surface area (Å²) in [4.78, 5) is 27.1. The summed E-state index contributed by atoms with van der Waals surface area (Å²) in [5, 5.41) is 2.87. The molecule has 1 N–H and O–H groups in total. The van der Waals surface area contributed by atoms with E-state index in [0.29, 0.717) is 25.6 Å². The van der Waals surface area contributed by atoms with Crippen molar-refractivity contribution >= 4 is 12.0 Å². The van der Waals surface area contributed by atoms with Gasteiger partial charge in [-0.3, -0.25) is 9.69 Å². The van der Waals surface area contributed by atoms with Gasteiger partial charge in [-0.25, -0.2) is 4.79 Å². The summed E-state index contributed by atoms with van der Waals surface area (Å²) in [5.74, 6) is 0.449. The van der Waals surface area contributed by atoms with E-state index in [0.717, 1.165) is 6.54 Å². The third-order valence-electron chi connectivity index (χ3n) is 3.04. The minimum absolute atomic E-state index is 0.0378. The zero-order valence-electron chi connectivity index (χ0n) is 14.1. The number of hydrogen-bond donors (Lipinski definition) is 1. The molecule has 6 heteroatoms. The van der Waals surface area contributed by atoms with Gasteiger partial charge in [0.15, 0.2) is 0 Å². The Kier molecular flexibility index (Phi) is 6.01. The maximum atomic E-state index is 11.8. The third-order valence-corrected chi connectivity index (χ3v) is 3.04. The number of carbonyl (C=O) groups excluding carboxylic acids is 2. The summed E-state index contributed by atoms with van der Waals surface area (Å²) in [7, 11) is 1.93. The van der Waals surface area contributed by atoms with E-state index in [4.69, 9.17) is 4.74 Å².